The lowest BCUT2D eigenvalue weighted by Crippen LogP contribution is -2.54. The van der Waals surface area contributed by atoms with Crippen LogP contribution in [0, 0.1) is 5.41 Å². The molecule has 0 aromatic heterocycles. The third-order valence-corrected chi connectivity index (χ3v) is 2.24. The molecule has 7 heteroatoms. The van der Waals surface area contributed by atoms with Gasteiger partial charge in [0.05, 0.1) is 6.61 Å². The van der Waals surface area contributed by atoms with E-state index >= 15 is 0 Å². The predicted octanol–water partition coefficient (Wildman–Crippen LogP) is 0.142. The van der Waals surface area contributed by atoms with Gasteiger partial charge in [-0.25, -0.2) is 4.79 Å². The number of nitrogens with two attached hydrogens (primary N) is 1. The topological polar surface area (TPSA) is 97.9 Å². The summed E-state index contributed by atoms with van der Waals surface area (Å²) >= 11 is 0. The highest BCUT2D eigenvalue weighted by Gasteiger charge is 2.35. The highest BCUT2D eigenvalue weighted by Crippen LogP contribution is 2.11. The zero-order valence-electron chi connectivity index (χ0n) is 11.4. The first-order valence-corrected chi connectivity index (χ1v) is 5.96. The van der Waals surface area contributed by atoms with Crippen molar-refractivity contribution in [3.05, 3.63) is 0 Å². The Morgan fingerprint density at radius 2 is 1.72 bits per heavy atom. The number of esters is 1. The maximum atomic E-state index is 11.9. The maximum absolute atomic E-state index is 11.9. The monoisotopic (exact) mass is 261 g/mol. The third-order valence-electron chi connectivity index (χ3n) is 2.24. The lowest BCUT2D eigenvalue weighted by molar-refractivity contribution is -0.187. The van der Waals surface area contributed by atoms with Gasteiger partial charge in [-0.15, -0.1) is 0 Å². The molecular weight excluding hydrogens is 238 g/mol. The fraction of sp³-hybridized carbons (Fsp3) is 0.818. The molecule has 0 bridgehead atoms. The van der Waals surface area contributed by atoms with Crippen LogP contribution in [0.3, 0.4) is 0 Å². The molecule has 0 heterocycles. The van der Waals surface area contributed by atoms with Crippen LogP contribution in [-0.2, 0) is 19.0 Å². The first-order valence-electron chi connectivity index (χ1n) is 5.96. The van der Waals surface area contributed by atoms with E-state index < -0.39 is 18.3 Å². The summed E-state index contributed by atoms with van der Waals surface area (Å²) in [5.74, 6) is -0.778. The normalized spacial score (nSPS) is 12.3. The van der Waals surface area contributed by atoms with E-state index in [9.17, 15) is 4.79 Å². The molecule has 0 aromatic carbocycles. The molecule has 18 heavy (non-hydrogen) atoms. The zero-order valence-corrected chi connectivity index (χ0v) is 11.4. The van der Waals surface area contributed by atoms with E-state index in [2.05, 4.69) is 0 Å². The van der Waals surface area contributed by atoms with Crippen molar-refractivity contribution in [2.75, 3.05) is 26.9 Å². The number of hydrogen-bond acceptors (Lipinski definition) is 5. The quantitative estimate of drug-likeness (QED) is 0.279. The van der Waals surface area contributed by atoms with Crippen LogP contribution in [-0.4, -0.2) is 56.0 Å². The molecular formula is C11H23N3O4. The molecule has 0 radical (unpaired) electrons. The van der Waals surface area contributed by atoms with Crippen molar-refractivity contribution in [2.45, 2.75) is 33.1 Å². The summed E-state index contributed by atoms with van der Waals surface area (Å²) in [7, 11) is 1.52. The van der Waals surface area contributed by atoms with Gasteiger partial charge in [-0.05, 0) is 20.8 Å². The van der Waals surface area contributed by atoms with E-state index in [-0.39, 0.29) is 12.6 Å². The molecule has 0 rings (SSSR count). The van der Waals surface area contributed by atoms with E-state index in [1.165, 1.54) is 11.9 Å². The van der Waals surface area contributed by atoms with Gasteiger partial charge in [-0.1, -0.05) is 0 Å². The minimum absolute atomic E-state index is 0.242. The van der Waals surface area contributed by atoms with Crippen LogP contribution in [0.5, 0.6) is 0 Å². The number of guanidine groups is 1. The molecule has 0 spiro atoms. The van der Waals surface area contributed by atoms with Gasteiger partial charge >= 0.3 is 5.97 Å². The lowest BCUT2D eigenvalue weighted by Gasteiger charge is -2.32. The molecule has 3 N–H and O–H groups in total. The van der Waals surface area contributed by atoms with E-state index in [0.29, 0.717) is 13.2 Å². The Bertz CT molecular complexity index is 267. The van der Waals surface area contributed by atoms with Gasteiger partial charge in [0.25, 0.3) is 0 Å². The van der Waals surface area contributed by atoms with Gasteiger partial charge in [0.2, 0.25) is 0 Å². The number of rotatable bonds is 8. The van der Waals surface area contributed by atoms with Crippen molar-refractivity contribution in [2.24, 2.45) is 5.73 Å². The smallest absolute Gasteiger partial charge is 0.334 e. The first-order chi connectivity index (χ1) is 8.49. The first kappa shape index (κ1) is 16.7. The van der Waals surface area contributed by atoms with Crippen molar-refractivity contribution >= 4 is 11.9 Å². The van der Waals surface area contributed by atoms with Gasteiger partial charge in [-0.2, -0.15) is 0 Å². The average Bonchev–Trinajstić information content (AvgIpc) is 2.30. The molecule has 0 aliphatic heterocycles. The van der Waals surface area contributed by atoms with E-state index in [1.807, 2.05) is 0 Å². The molecule has 1 atom stereocenters. The number of carbonyl (C=O) groups excluding carboxylic acids is 1. The second-order valence-corrected chi connectivity index (χ2v) is 3.47. The molecule has 0 saturated carbocycles. The van der Waals surface area contributed by atoms with Gasteiger partial charge in [0, 0.05) is 20.3 Å². The summed E-state index contributed by atoms with van der Waals surface area (Å²) in [6.07, 6.45) is -0.812. The van der Waals surface area contributed by atoms with Crippen molar-refractivity contribution in [1.29, 1.82) is 5.41 Å². The lowest BCUT2D eigenvalue weighted by atomic mass is 10.2. The molecule has 0 aliphatic rings. The van der Waals surface area contributed by atoms with Crippen molar-refractivity contribution in [1.82, 2.24) is 4.90 Å². The maximum Gasteiger partial charge on any atom is 0.334 e. The zero-order chi connectivity index (χ0) is 14.1. The van der Waals surface area contributed by atoms with E-state index in [1.54, 1.807) is 20.8 Å². The summed E-state index contributed by atoms with van der Waals surface area (Å²) in [6.45, 7) is 6.30. The SMILES string of the molecule is CCOC(=O)C(C(OCC)OCC)N(C)C(=N)N. The number of carbonyl (C=O) groups is 1. The van der Waals surface area contributed by atoms with Gasteiger partial charge in [-0.3, -0.25) is 5.41 Å². The minimum atomic E-state index is -0.887. The number of likely N-dealkylation sites (N-methyl/N-ethyl adjacent to an activating group) is 1. The molecule has 0 aliphatic carbocycles. The summed E-state index contributed by atoms with van der Waals surface area (Å²) in [6, 6.07) is -0.887. The summed E-state index contributed by atoms with van der Waals surface area (Å²) in [5.41, 5.74) is 5.39. The summed E-state index contributed by atoms with van der Waals surface area (Å²) in [4.78, 5) is 13.2. The van der Waals surface area contributed by atoms with Crippen LogP contribution in [0.1, 0.15) is 20.8 Å². The van der Waals surface area contributed by atoms with E-state index in [0.717, 1.165) is 0 Å². The second-order valence-electron chi connectivity index (χ2n) is 3.47. The predicted molar refractivity (Wildman–Crippen MR) is 67.1 cm³/mol. The van der Waals surface area contributed by atoms with Crippen molar-refractivity contribution in [3.8, 4) is 0 Å². The van der Waals surface area contributed by atoms with E-state index in [4.69, 9.17) is 25.4 Å². The second kappa shape index (κ2) is 8.71. The molecule has 0 saturated heterocycles. The fourth-order valence-corrected chi connectivity index (χ4v) is 1.39. The van der Waals surface area contributed by atoms with Gasteiger partial charge in [0.1, 0.15) is 0 Å². The van der Waals surface area contributed by atoms with Gasteiger partial charge in [0.15, 0.2) is 18.3 Å². The molecule has 0 fully saturated rings. The third kappa shape index (κ3) is 4.89. The number of nitrogens with one attached hydrogen (secondary N) is 1. The molecule has 7 nitrogen and oxygen atoms in total. The fourth-order valence-electron chi connectivity index (χ4n) is 1.39. The molecule has 1 unspecified atom stereocenters. The Morgan fingerprint density at radius 1 is 1.22 bits per heavy atom. The van der Waals surface area contributed by atoms with Crippen LogP contribution >= 0.6 is 0 Å². The molecule has 0 aromatic rings. The van der Waals surface area contributed by atoms with Crippen LogP contribution in [0.4, 0.5) is 0 Å². The van der Waals surface area contributed by atoms with Crippen molar-refractivity contribution < 1.29 is 19.0 Å². The molecule has 106 valence electrons. The highest BCUT2D eigenvalue weighted by molar-refractivity contribution is 5.84. The number of ether oxygens (including phenoxy) is 3. The Labute approximate surface area is 108 Å². The molecule has 0 amide bonds. The van der Waals surface area contributed by atoms with Gasteiger partial charge < -0.3 is 24.8 Å². The Morgan fingerprint density at radius 3 is 2.06 bits per heavy atom. The summed E-state index contributed by atoms with van der Waals surface area (Å²) in [5, 5.41) is 7.40. The number of nitrogens with zero attached hydrogens (tertiary/aromatic N) is 1. The Kier molecular flexibility index (Phi) is 8.06. The minimum Gasteiger partial charge on any atom is -0.464 e. The van der Waals surface area contributed by atoms with Crippen LogP contribution < -0.4 is 5.73 Å². The average molecular weight is 261 g/mol. The Balaban J connectivity index is 5.00. The standard InChI is InChI=1S/C11H23N3O4/c1-5-16-9(15)8(14(4)11(12)13)10(17-6-2)18-7-3/h8,10H,5-7H2,1-4H3,(H3,12,13). The number of hydrogen-bond donors (Lipinski definition) is 2. The van der Waals surface area contributed by atoms with Crippen molar-refractivity contribution in [3.63, 3.8) is 0 Å². The summed E-state index contributed by atoms with van der Waals surface area (Å²) < 4.78 is 15.7. The van der Waals surface area contributed by atoms with Crippen LogP contribution in [0.25, 0.3) is 0 Å². The Hall–Kier alpha value is -1.34. The highest BCUT2D eigenvalue weighted by atomic mass is 16.7. The van der Waals surface area contributed by atoms with Crippen LogP contribution in [0.2, 0.25) is 0 Å². The van der Waals surface area contributed by atoms with Crippen LogP contribution in [0.15, 0.2) is 0 Å². The largest absolute Gasteiger partial charge is 0.464 e.